The predicted molar refractivity (Wildman–Crippen MR) is 90.1 cm³/mol. The maximum Gasteiger partial charge on any atom is 0.133 e. The van der Waals surface area contributed by atoms with E-state index in [1.807, 2.05) is 6.92 Å². The first-order valence-corrected chi connectivity index (χ1v) is 8.65. The number of alkyl halides is 1. The lowest BCUT2D eigenvalue weighted by Gasteiger charge is -2.15. The van der Waals surface area contributed by atoms with Gasteiger partial charge in [-0.15, -0.1) is 0 Å². The molecule has 112 valence electrons. The van der Waals surface area contributed by atoms with Crippen LogP contribution >= 0.6 is 47.8 Å². The van der Waals surface area contributed by atoms with E-state index in [1.54, 1.807) is 18.2 Å². The molecule has 0 heterocycles. The highest BCUT2D eigenvalue weighted by molar-refractivity contribution is 9.11. The van der Waals surface area contributed by atoms with Gasteiger partial charge in [0.2, 0.25) is 0 Å². The zero-order valence-electron chi connectivity index (χ0n) is 11.0. The van der Waals surface area contributed by atoms with Crippen molar-refractivity contribution in [2.75, 3.05) is 6.61 Å². The Morgan fingerprint density at radius 3 is 2.24 bits per heavy atom. The predicted octanol–water partition coefficient (Wildman–Crippen LogP) is 6.37. The molecule has 0 aromatic heterocycles. The average molecular weight is 485 g/mol. The fourth-order valence-electron chi connectivity index (χ4n) is 1.91. The highest BCUT2D eigenvalue weighted by atomic mass is 79.9. The van der Waals surface area contributed by atoms with Gasteiger partial charge in [0.1, 0.15) is 17.4 Å². The summed E-state index contributed by atoms with van der Waals surface area (Å²) >= 11 is 9.83. The summed E-state index contributed by atoms with van der Waals surface area (Å²) in [6.45, 7) is 2.44. The summed E-state index contributed by atoms with van der Waals surface area (Å²) in [6, 6.07) is 7.82. The van der Waals surface area contributed by atoms with Gasteiger partial charge >= 0.3 is 0 Å². The molecular weight excluding hydrogens is 474 g/mol. The van der Waals surface area contributed by atoms with Crippen LogP contribution in [0.2, 0.25) is 0 Å². The smallest absolute Gasteiger partial charge is 0.133 e. The molecular formula is C15H11Br3F2O. The van der Waals surface area contributed by atoms with E-state index in [0.29, 0.717) is 16.8 Å². The van der Waals surface area contributed by atoms with E-state index in [9.17, 15) is 8.78 Å². The first-order chi connectivity index (χ1) is 9.93. The molecule has 2 aromatic rings. The Labute approximate surface area is 147 Å². The van der Waals surface area contributed by atoms with Crippen LogP contribution in [0.15, 0.2) is 39.3 Å². The van der Waals surface area contributed by atoms with Crippen LogP contribution in [0.25, 0.3) is 0 Å². The molecule has 0 fully saturated rings. The number of halogens is 5. The first kappa shape index (κ1) is 16.9. The summed E-state index contributed by atoms with van der Waals surface area (Å²) in [4.78, 5) is -0.586. The fourth-order valence-corrected chi connectivity index (χ4v) is 3.54. The van der Waals surface area contributed by atoms with Crippen molar-refractivity contribution in [3.8, 4) is 5.75 Å². The van der Waals surface area contributed by atoms with Crippen LogP contribution in [0.4, 0.5) is 8.78 Å². The van der Waals surface area contributed by atoms with Crippen LogP contribution < -0.4 is 4.74 Å². The zero-order chi connectivity index (χ0) is 15.6. The first-order valence-electron chi connectivity index (χ1n) is 6.14. The number of hydrogen-bond acceptors (Lipinski definition) is 1. The second kappa shape index (κ2) is 7.20. The molecule has 6 heteroatoms. The van der Waals surface area contributed by atoms with Crippen molar-refractivity contribution in [2.24, 2.45) is 0 Å². The third-order valence-corrected chi connectivity index (χ3v) is 4.91. The molecule has 2 rings (SSSR count). The van der Waals surface area contributed by atoms with Crippen molar-refractivity contribution in [2.45, 2.75) is 11.8 Å². The van der Waals surface area contributed by atoms with Gasteiger partial charge in [-0.3, -0.25) is 0 Å². The third kappa shape index (κ3) is 3.85. The fraction of sp³-hybridized carbons (Fsp3) is 0.200. The summed E-state index contributed by atoms with van der Waals surface area (Å²) in [5.41, 5.74) is 0.708. The van der Waals surface area contributed by atoms with E-state index in [2.05, 4.69) is 47.8 Å². The Morgan fingerprint density at radius 2 is 1.71 bits per heavy atom. The minimum atomic E-state index is -0.603. The van der Waals surface area contributed by atoms with Crippen LogP contribution in [-0.2, 0) is 0 Å². The highest BCUT2D eigenvalue weighted by Gasteiger charge is 2.21. The monoisotopic (exact) mass is 482 g/mol. The van der Waals surface area contributed by atoms with E-state index < -0.39 is 16.5 Å². The SMILES string of the molecule is CCOc1ccc(C(Br)c2c(F)cc(Br)cc2F)cc1Br. The highest BCUT2D eigenvalue weighted by Crippen LogP contribution is 2.38. The van der Waals surface area contributed by atoms with Gasteiger partial charge in [-0.1, -0.05) is 37.9 Å². The number of hydrogen-bond donors (Lipinski definition) is 0. The molecule has 0 aliphatic carbocycles. The Hall–Kier alpha value is -0.460. The summed E-state index contributed by atoms with van der Waals surface area (Å²) in [7, 11) is 0. The average Bonchev–Trinajstić information content (AvgIpc) is 2.40. The lowest BCUT2D eigenvalue weighted by molar-refractivity contribution is 0.338. The van der Waals surface area contributed by atoms with Crippen LogP contribution in [0.3, 0.4) is 0 Å². The van der Waals surface area contributed by atoms with Gasteiger partial charge in [-0.05, 0) is 52.7 Å². The van der Waals surface area contributed by atoms with Crippen LogP contribution in [0, 0.1) is 11.6 Å². The van der Waals surface area contributed by atoms with Crippen molar-refractivity contribution in [1.82, 2.24) is 0 Å². The summed E-state index contributed by atoms with van der Waals surface area (Å²) < 4.78 is 34.6. The molecule has 0 saturated heterocycles. The van der Waals surface area contributed by atoms with E-state index in [4.69, 9.17) is 4.74 Å². The molecule has 0 aliphatic heterocycles. The largest absolute Gasteiger partial charge is 0.493 e. The maximum atomic E-state index is 14.0. The van der Waals surface area contributed by atoms with Gasteiger partial charge in [0.25, 0.3) is 0 Å². The van der Waals surface area contributed by atoms with E-state index in [0.717, 1.165) is 10.0 Å². The third-order valence-electron chi connectivity index (χ3n) is 2.85. The van der Waals surface area contributed by atoms with Gasteiger partial charge in [-0.25, -0.2) is 8.78 Å². The van der Waals surface area contributed by atoms with E-state index >= 15 is 0 Å². The molecule has 1 atom stereocenters. The minimum absolute atomic E-state index is 0.0192. The summed E-state index contributed by atoms with van der Waals surface area (Å²) in [6.07, 6.45) is 0. The van der Waals surface area contributed by atoms with Gasteiger partial charge in [0.15, 0.2) is 0 Å². The second-order valence-corrected chi connectivity index (χ2v) is 6.95. The molecule has 0 amide bonds. The Bertz CT molecular complexity index is 638. The van der Waals surface area contributed by atoms with Crippen molar-refractivity contribution in [3.63, 3.8) is 0 Å². The molecule has 1 nitrogen and oxygen atoms in total. The standard InChI is InChI=1S/C15H11Br3F2O/c1-2-21-13-4-3-8(5-10(13)17)15(18)14-11(19)6-9(16)7-12(14)20/h3-7,15H,2H2,1H3. The Morgan fingerprint density at radius 1 is 1.10 bits per heavy atom. The summed E-state index contributed by atoms with van der Waals surface area (Å²) in [5.74, 6) is -0.514. The maximum absolute atomic E-state index is 14.0. The molecule has 0 N–H and O–H groups in total. The van der Waals surface area contributed by atoms with Crippen molar-refractivity contribution in [1.29, 1.82) is 0 Å². The lowest BCUT2D eigenvalue weighted by Crippen LogP contribution is -2.01. The molecule has 21 heavy (non-hydrogen) atoms. The Kier molecular flexibility index (Phi) is 5.80. The quantitative estimate of drug-likeness (QED) is 0.458. The van der Waals surface area contributed by atoms with Crippen molar-refractivity contribution >= 4 is 47.8 Å². The molecule has 0 spiro atoms. The number of ether oxygens (including phenoxy) is 1. The molecule has 0 bridgehead atoms. The number of benzene rings is 2. The minimum Gasteiger partial charge on any atom is -0.493 e. The molecule has 0 aliphatic rings. The van der Waals surface area contributed by atoms with Crippen LogP contribution in [0.5, 0.6) is 5.75 Å². The zero-order valence-corrected chi connectivity index (χ0v) is 15.7. The lowest BCUT2D eigenvalue weighted by atomic mass is 10.0. The van der Waals surface area contributed by atoms with Gasteiger partial charge < -0.3 is 4.74 Å². The molecule has 1 unspecified atom stereocenters. The van der Waals surface area contributed by atoms with E-state index in [-0.39, 0.29) is 5.56 Å². The van der Waals surface area contributed by atoms with E-state index in [1.165, 1.54) is 12.1 Å². The second-order valence-electron chi connectivity index (χ2n) is 4.27. The molecule has 2 aromatic carbocycles. The number of rotatable bonds is 4. The molecule has 0 saturated carbocycles. The Balaban J connectivity index is 2.41. The van der Waals surface area contributed by atoms with Gasteiger partial charge in [-0.2, -0.15) is 0 Å². The van der Waals surface area contributed by atoms with Crippen LogP contribution in [-0.4, -0.2) is 6.61 Å². The van der Waals surface area contributed by atoms with Crippen molar-refractivity contribution in [3.05, 3.63) is 62.0 Å². The summed E-state index contributed by atoms with van der Waals surface area (Å²) in [5, 5.41) is 0. The van der Waals surface area contributed by atoms with Gasteiger partial charge in [0.05, 0.1) is 15.9 Å². The van der Waals surface area contributed by atoms with Crippen molar-refractivity contribution < 1.29 is 13.5 Å². The topological polar surface area (TPSA) is 9.23 Å². The van der Waals surface area contributed by atoms with Crippen LogP contribution in [0.1, 0.15) is 22.9 Å². The van der Waals surface area contributed by atoms with Gasteiger partial charge in [0, 0.05) is 10.0 Å². The normalized spacial score (nSPS) is 12.3. The molecule has 0 radical (unpaired) electrons.